The lowest BCUT2D eigenvalue weighted by Gasteiger charge is -2.27. The van der Waals surface area contributed by atoms with Crippen molar-refractivity contribution in [2.24, 2.45) is 0 Å². The van der Waals surface area contributed by atoms with E-state index < -0.39 is 0 Å². The third-order valence-electron chi connectivity index (χ3n) is 4.01. The molecule has 19 heavy (non-hydrogen) atoms. The molecule has 0 radical (unpaired) electrons. The number of carbonyl (C=O) groups is 1. The lowest BCUT2D eigenvalue weighted by atomic mass is 9.97. The van der Waals surface area contributed by atoms with Gasteiger partial charge in [0.25, 0.3) is 5.91 Å². The molecule has 1 unspecified atom stereocenters. The van der Waals surface area contributed by atoms with Crippen LogP contribution in [0.25, 0.3) is 0 Å². The molecule has 1 amide bonds. The number of anilines is 1. The Morgan fingerprint density at radius 1 is 1.42 bits per heavy atom. The number of benzene rings is 1. The fourth-order valence-corrected chi connectivity index (χ4v) is 2.83. The number of carbonyl (C=O) groups excluding carboxylic acids is 1. The SMILES string of the molecule is CN1C(=O)COc2cc(CC3CCCCN3)ccc21. The quantitative estimate of drug-likeness (QED) is 0.880. The van der Waals surface area contributed by atoms with Gasteiger partial charge in [0.1, 0.15) is 5.75 Å². The van der Waals surface area contributed by atoms with E-state index in [2.05, 4.69) is 17.4 Å². The predicted molar refractivity (Wildman–Crippen MR) is 74.7 cm³/mol. The lowest BCUT2D eigenvalue weighted by molar-refractivity contribution is -0.120. The van der Waals surface area contributed by atoms with Crippen LogP contribution in [-0.4, -0.2) is 32.1 Å². The molecule has 2 heterocycles. The molecule has 0 spiro atoms. The Morgan fingerprint density at radius 3 is 3.11 bits per heavy atom. The molecule has 4 nitrogen and oxygen atoms in total. The highest BCUT2D eigenvalue weighted by molar-refractivity contribution is 5.97. The van der Waals surface area contributed by atoms with Crippen LogP contribution in [0.2, 0.25) is 0 Å². The van der Waals surface area contributed by atoms with Gasteiger partial charge in [-0.1, -0.05) is 12.5 Å². The Morgan fingerprint density at radius 2 is 2.32 bits per heavy atom. The maximum atomic E-state index is 11.5. The van der Waals surface area contributed by atoms with Crippen molar-refractivity contribution < 1.29 is 9.53 Å². The zero-order chi connectivity index (χ0) is 13.2. The summed E-state index contributed by atoms with van der Waals surface area (Å²) in [4.78, 5) is 13.2. The first-order chi connectivity index (χ1) is 9.24. The van der Waals surface area contributed by atoms with Gasteiger partial charge in [0.05, 0.1) is 5.69 Å². The van der Waals surface area contributed by atoms with E-state index in [1.165, 1.54) is 24.8 Å². The molecule has 1 N–H and O–H groups in total. The highest BCUT2D eigenvalue weighted by Gasteiger charge is 2.22. The van der Waals surface area contributed by atoms with Gasteiger partial charge in [0, 0.05) is 13.1 Å². The number of ether oxygens (including phenoxy) is 1. The number of hydrogen-bond donors (Lipinski definition) is 1. The normalized spacial score (nSPS) is 22.9. The average Bonchev–Trinajstić information content (AvgIpc) is 2.44. The summed E-state index contributed by atoms with van der Waals surface area (Å²) < 4.78 is 5.52. The van der Waals surface area contributed by atoms with Gasteiger partial charge in [0.2, 0.25) is 0 Å². The molecule has 102 valence electrons. The van der Waals surface area contributed by atoms with Crippen molar-refractivity contribution >= 4 is 11.6 Å². The first-order valence-corrected chi connectivity index (χ1v) is 7.00. The molecule has 0 bridgehead atoms. The molecule has 4 heteroatoms. The van der Waals surface area contributed by atoms with E-state index in [0.29, 0.717) is 6.04 Å². The van der Waals surface area contributed by atoms with Crippen LogP contribution in [0.15, 0.2) is 18.2 Å². The van der Waals surface area contributed by atoms with Crippen molar-refractivity contribution in [3.8, 4) is 5.75 Å². The number of nitrogens with zero attached hydrogens (tertiary/aromatic N) is 1. The third kappa shape index (κ3) is 2.59. The molecule has 3 rings (SSSR count). The van der Waals surface area contributed by atoms with Crippen LogP contribution in [0.4, 0.5) is 5.69 Å². The largest absolute Gasteiger partial charge is 0.482 e. The van der Waals surface area contributed by atoms with E-state index in [-0.39, 0.29) is 12.5 Å². The third-order valence-corrected chi connectivity index (χ3v) is 4.01. The average molecular weight is 260 g/mol. The van der Waals surface area contributed by atoms with Gasteiger partial charge >= 0.3 is 0 Å². The van der Waals surface area contributed by atoms with Crippen LogP contribution < -0.4 is 15.0 Å². The Bertz CT molecular complexity index is 481. The monoisotopic (exact) mass is 260 g/mol. The van der Waals surface area contributed by atoms with Gasteiger partial charge in [-0.2, -0.15) is 0 Å². The first-order valence-electron chi connectivity index (χ1n) is 7.00. The molecule has 1 fully saturated rings. The van der Waals surface area contributed by atoms with Crippen LogP contribution in [0, 0.1) is 0 Å². The molecule has 0 saturated carbocycles. The number of fused-ring (bicyclic) bond motifs is 1. The van der Waals surface area contributed by atoms with Crippen LogP contribution in [-0.2, 0) is 11.2 Å². The van der Waals surface area contributed by atoms with Crippen molar-refractivity contribution in [1.82, 2.24) is 5.32 Å². The Labute approximate surface area is 113 Å². The van der Waals surface area contributed by atoms with Crippen molar-refractivity contribution in [3.05, 3.63) is 23.8 Å². The Kier molecular flexibility index (Phi) is 3.42. The smallest absolute Gasteiger partial charge is 0.264 e. The zero-order valence-electron chi connectivity index (χ0n) is 11.3. The summed E-state index contributed by atoms with van der Waals surface area (Å²) in [7, 11) is 1.80. The summed E-state index contributed by atoms with van der Waals surface area (Å²) in [6.07, 6.45) is 4.89. The van der Waals surface area contributed by atoms with E-state index >= 15 is 0 Å². The molecule has 1 atom stereocenters. The van der Waals surface area contributed by atoms with Crippen molar-refractivity contribution in [2.45, 2.75) is 31.7 Å². The van der Waals surface area contributed by atoms with E-state index in [1.54, 1.807) is 11.9 Å². The van der Waals surface area contributed by atoms with Gasteiger partial charge < -0.3 is 15.0 Å². The van der Waals surface area contributed by atoms with E-state index in [1.807, 2.05) is 6.07 Å². The standard InChI is InChI=1S/C15H20N2O2/c1-17-13-6-5-11(8-12-4-2-3-7-16-12)9-14(13)19-10-15(17)18/h5-6,9,12,16H,2-4,7-8,10H2,1H3. The second-order valence-corrected chi connectivity index (χ2v) is 5.39. The van der Waals surface area contributed by atoms with Crippen LogP contribution in [0.5, 0.6) is 5.75 Å². The van der Waals surface area contributed by atoms with Gasteiger partial charge in [-0.15, -0.1) is 0 Å². The minimum atomic E-state index is 0.00852. The van der Waals surface area contributed by atoms with Gasteiger partial charge in [-0.3, -0.25) is 4.79 Å². The second-order valence-electron chi connectivity index (χ2n) is 5.39. The number of hydrogen-bond acceptors (Lipinski definition) is 3. The Hall–Kier alpha value is -1.55. The molecular weight excluding hydrogens is 240 g/mol. The Balaban J connectivity index is 1.76. The van der Waals surface area contributed by atoms with Crippen LogP contribution >= 0.6 is 0 Å². The number of likely N-dealkylation sites (N-methyl/N-ethyl adjacent to an activating group) is 1. The van der Waals surface area contributed by atoms with Crippen LogP contribution in [0.1, 0.15) is 24.8 Å². The van der Waals surface area contributed by atoms with Gasteiger partial charge in [-0.05, 0) is 43.5 Å². The summed E-state index contributed by atoms with van der Waals surface area (Å²) >= 11 is 0. The maximum Gasteiger partial charge on any atom is 0.264 e. The molecule has 1 aromatic carbocycles. The second kappa shape index (κ2) is 5.21. The van der Waals surface area contributed by atoms with E-state index in [9.17, 15) is 4.79 Å². The summed E-state index contributed by atoms with van der Waals surface area (Å²) in [5.74, 6) is 0.838. The van der Waals surface area contributed by atoms with Crippen molar-refractivity contribution in [1.29, 1.82) is 0 Å². The van der Waals surface area contributed by atoms with Crippen LogP contribution in [0.3, 0.4) is 0 Å². The molecule has 1 aromatic rings. The molecule has 0 aliphatic carbocycles. The molecular formula is C15H20N2O2. The summed E-state index contributed by atoms with van der Waals surface area (Å²) in [5, 5.41) is 3.56. The number of piperidine rings is 1. The first kappa shape index (κ1) is 12.5. The summed E-state index contributed by atoms with van der Waals surface area (Å²) in [6, 6.07) is 6.75. The molecule has 2 aliphatic rings. The van der Waals surface area contributed by atoms with Gasteiger partial charge in [0.15, 0.2) is 6.61 Å². The van der Waals surface area contributed by atoms with Crippen molar-refractivity contribution in [3.63, 3.8) is 0 Å². The number of amides is 1. The van der Waals surface area contributed by atoms with Crippen molar-refractivity contribution in [2.75, 3.05) is 25.1 Å². The molecule has 0 aromatic heterocycles. The molecule has 2 aliphatic heterocycles. The zero-order valence-corrected chi connectivity index (χ0v) is 11.3. The summed E-state index contributed by atoms with van der Waals surface area (Å²) in [6.45, 7) is 1.28. The molecule has 1 saturated heterocycles. The maximum absolute atomic E-state index is 11.5. The fourth-order valence-electron chi connectivity index (χ4n) is 2.83. The topological polar surface area (TPSA) is 41.6 Å². The minimum Gasteiger partial charge on any atom is -0.482 e. The fraction of sp³-hybridized carbons (Fsp3) is 0.533. The highest BCUT2D eigenvalue weighted by atomic mass is 16.5. The van der Waals surface area contributed by atoms with E-state index in [4.69, 9.17) is 4.74 Å². The van der Waals surface area contributed by atoms with Gasteiger partial charge in [-0.25, -0.2) is 0 Å². The highest BCUT2D eigenvalue weighted by Crippen LogP contribution is 2.32. The predicted octanol–water partition coefficient (Wildman–Crippen LogP) is 1.73. The number of rotatable bonds is 2. The number of nitrogens with one attached hydrogen (secondary N) is 1. The minimum absolute atomic E-state index is 0.00852. The lowest BCUT2D eigenvalue weighted by Crippen LogP contribution is -2.36. The summed E-state index contributed by atoms with van der Waals surface area (Å²) in [5.41, 5.74) is 2.15. The van der Waals surface area contributed by atoms with E-state index in [0.717, 1.165) is 24.4 Å².